The van der Waals surface area contributed by atoms with Crippen LogP contribution in [0, 0.1) is 0 Å². The maximum atomic E-state index is 12.5. The van der Waals surface area contributed by atoms with Gasteiger partial charge in [-0.05, 0) is 89.5 Å². The molecule has 0 aliphatic rings. The van der Waals surface area contributed by atoms with E-state index in [2.05, 4.69) is 74.6 Å². The number of allylic oxidation sites excluding steroid dienone is 11. The van der Waals surface area contributed by atoms with Gasteiger partial charge in [-0.2, -0.15) is 0 Å². The minimum absolute atomic E-state index is 0.0768. The first-order valence-corrected chi connectivity index (χ1v) is 23.2. The Labute approximate surface area is 338 Å². The van der Waals surface area contributed by atoms with E-state index >= 15 is 0 Å². The molecule has 9 heteroatoms. The van der Waals surface area contributed by atoms with Crippen molar-refractivity contribution in [1.82, 2.24) is 0 Å². The molecule has 0 amide bonds. The summed E-state index contributed by atoms with van der Waals surface area (Å²) < 4.78 is 34.7. The lowest BCUT2D eigenvalue weighted by Gasteiger charge is -2.24. The highest BCUT2D eigenvalue weighted by Crippen LogP contribution is 2.43. The lowest BCUT2D eigenvalue weighted by molar-refractivity contribution is -0.870. The van der Waals surface area contributed by atoms with Gasteiger partial charge in [-0.15, -0.1) is 0 Å². The molecule has 55 heavy (non-hydrogen) atoms. The van der Waals surface area contributed by atoms with Gasteiger partial charge in [0.1, 0.15) is 19.8 Å². The Hall–Kier alpha value is -2.22. The van der Waals surface area contributed by atoms with E-state index < -0.39 is 13.9 Å². The van der Waals surface area contributed by atoms with Crippen molar-refractivity contribution in [3.63, 3.8) is 0 Å². The largest absolute Gasteiger partial charge is 0.492 e. The molecule has 0 saturated heterocycles. The molecule has 0 bridgehead atoms. The molecule has 8 nitrogen and oxygen atoms in total. The van der Waals surface area contributed by atoms with Crippen LogP contribution in [-0.4, -0.2) is 69.0 Å². The highest BCUT2D eigenvalue weighted by atomic mass is 31.2. The Morgan fingerprint density at radius 3 is 1.56 bits per heavy atom. The van der Waals surface area contributed by atoms with Crippen molar-refractivity contribution in [3.8, 4) is 0 Å². The molecule has 0 heterocycles. The summed E-state index contributed by atoms with van der Waals surface area (Å²) in [7, 11) is 1.63. The van der Waals surface area contributed by atoms with Crippen LogP contribution >= 0.6 is 7.82 Å². The molecule has 0 radical (unpaired) electrons. The van der Waals surface area contributed by atoms with E-state index in [1.54, 1.807) is 6.26 Å². The normalized spacial score (nSPS) is 14.4. The average molecular weight is 793 g/mol. The number of ether oxygens (including phenoxy) is 2. The van der Waals surface area contributed by atoms with Crippen molar-refractivity contribution in [2.45, 2.75) is 168 Å². The molecular weight excluding hydrogens is 709 g/mol. The number of hydrogen-bond acceptors (Lipinski definition) is 6. The topological polar surface area (TPSA) is 91.3 Å². The van der Waals surface area contributed by atoms with Gasteiger partial charge in [-0.1, -0.05) is 132 Å². The maximum absolute atomic E-state index is 12.5. The fourth-order valence-electron chi connectivity index (χ4n) is 5.35. The van der Waals surface area contributed by atoms with E-state index in [1.807, 2.05) is 27.2 Å². The highest BCUT2D eigenvalue weighted by molar-refractivity contribution is 7.47. The molecule has 1 N–H and O–H groups in total. The van der Waals surface area contributed by atoms with Crippen molar-refractivity contribution >= 4 is 13.8 Å². The Balaban J connectivity index is 4.42. The van der Waals surface area contributed by atoms with Crippen LogP contribution in [0.25, 0.3) is 0 Å². The molecular formula is C46H83NO7P+. The molecule has 0 aliphatic carbocycles. The zero-order chi connectivity index (χ0) is 40.6. The van der Waals surface area contributed by atoms with Crippen LogP contribution in [0.5, 0.6) is 0 Å². The first-order valence-electron chi connectivity index (χ1n) is 21.7. The summed E-state index contributed by atoms with van der Waals surface area (Å²) in [4.78, 5) is 22.6. The Morgan fingerprint density at radius 1 is 0.582 bits per heavy atom. The Kier molecular flexibility index (Phi) is 37.1. The van der Waals surface area contributed by atoms with Crippen LogP contribution in [0.1, 0.15) is 162 Å². The number of hydrogen-bond donors (Lipinski definition) is 1. The van der Waals surface area contributed by atoms with Gasteiger partial charge in [0.25, 0.3) is 0 Å². The molecule has 0 aromatic rings. The number of rotatable bonds is 39. The van der Waals surface area contributed by atoms with E-state index in [-0.39, 0.29) is 32.2 Å². The van der Waals surface area contributed by atoms with E-state index in [0.717, 1.165) is 38.5 Å². The van der Waals surface area contributed by atoms with E-state index in [4.69, 9.17) is 18.5 Å². The molecule has 0 rings (SSSR count). The third kappa shape index (κ3) is 42.8. The van der Waals surface area contributed by atoms with Crippen LogP contribution in [0.2, 0.25) is 0 Å². The molecule has 0 saturated carbocycles. The van der Waals surface area contributed by atoms with Gasteiger partial charge in [-0.3, -0.25) is 13.8 Å². The Morgan fingerprint density at radius 2 is 1.02 bits per heavy atom. The number of esters is 1. The quantitative estimate of drug-likeness (QED) is 0.0165. The van der Waals surface area contributed by atoms with Crippen LogP contribution in [0.4, 0.5) is 0 Å². The number of nitrogens with zero attached hydrogens (tertiary/aromatic N) is 1. The number of unbranched alkanes of at least 4 members (excludes halogenated alkanes) is 15. The van der Waals surface area contributed by atoms with Gasteiger partial charge >= 0.3 is 13.8 Å². The van der Waals surface area contributed by atoms with Crippen molar-refractivity contribution in [2.24, 2.45) is 0 Å². The summed E-state index contributed by atoms with van der Waals surface area (Å²) in [5.41, 5.74) is 0. The third-order valence-electron chi connectivity index (χ3n) is 8.83. The smallest absolute Gasteiger partial charge is 0.472 e. The van der Waals surface area contributed by atoms with Gasteiger partial charge in [0, 0.05) is 6.42 Å². The number of quaternary nitrogens is 1. The summed E-state index contributed by atoms with van der Waals surface area (Å²) in [5.74, 6) is -0.335. The van der Waals surface area contributed by atoms with E-state index in [9.17, 15) is 14.3 Å². The van der Waals surface area contributed by atoms with Gasteiger partial charge < -0.3 is 18.9 Å². The number of carbonyl (C=O) groups excluding carboxylic acids is 1. The van der Waals surface area contributed by atoms with Crippen molar-refractivity contribution in [1.29, 1.82) is 0 Å². The van der Waals surface area contributed by atoms with E-state index in [0.29, 0.717) is 17.4 Å². The zero-order valence-corrected chi connectivity index (χ0v) is 36.8. The average Bonchev–Trinajstić information content (AvgIpc) is 3.14. The second-order valence-corrected chi connectivity index (χ2v) is 16.9. The lowest BCUT2D eigenvalue weighted by atomic mass is 10.1. The minimum Gasteiger partial charge on any atom is -0.492 e. The summed E-state index contributed by atoms with van der Waals surface area (Å²) in [5, 5.41) is 0. The SMILES string of the molecule is CCCCC/C=C\C/C=C\C/C=C\C/C=C\CCCC(=O)OCC(COP(=O)(O)OCC[N+](C)(C)C)O/C=C\CCCCCCCC/C=C\CCCCCC. The standard InChI is InChI=1S/C46H82NO7P/c1-6-8-10-12-14-16-18-20-22-24-25-27-29-31-33-35-37-39-46(48)52-43-45(44-54-55(49,50)53-42-40-47(3,4)5)51-41-38-36-34-32-30-28-26-23-21-19-17-15-13-11-9-7-2/h14,16-17,19-20,22,25,27,31,33,38,41,45H,6-13,15,18,21,23-24,26,28-30,32,34-37,39-40,42-44H2,1-5H3/p+1/b16-14-,19-17-,22-20-,27-25-,33-31-,41-38-. The molecule has 2 atom stereocenters. The fourth-order valence-corrected chi connectivity index (χ4v) is 6.09. The van der Waals surface area contributed by atoms with Crippen LogP contribution in [0.3, 0.4) is 0 Å². The first kappa shape index (κ1) is 52.8. The highest BCUT2D eigenvalue weighted by Gasteiger charge is 2.25. The monoisotopic (exact) mass is 793 g/mol. The predicted molar refractivity (Wildman–Crippen MR) is 233 cm³/mol. The second-order valence-electron chi connectivity index (χ2n) is 15.4. The van der Waals surface area contributed by atoms with Crippen LogP contribution in [0.15, 0.2) is 73.1 Å². The number of likely N-dealkylation sites (N-methyl/N-ethyl adjacent to an activating group) is 1. The summed E-state index contributed by atoms with van der Waals surface area (Å²) in [6.07, 6.45) is 50.4. The van der Waals surface area contributed by atoms with Crippen LogP contribution < -0.4 is 0 Å². The van der Waals surface area contributed by atoms with Gasteiger partial charge in [0.05, 0.1) is 34.0 Å². The Bertz CT molecular complexity index is 1110. The second kappa shape index (κ2) is 38.6. The zero-order valence-electron chi connectivity index (χ0n) is 35.9. The van der Waals surface area contributed by atoms with E-state index in [1.165, 1.54) is 96.3 Å². The summed E-state index contributed by atoms with van der Waals surface area (Å²) in [6.45, 7) is 4.78. The molecule has 2 unspecified atom stereocenters. The third-order valence-corrected chi connectivity index (χ3v) is 9.81. The number of phosphoric ester groups is 1. The number of phosphoric acid groups is 1. The molecule has 0 aromatic heterocycles. The predicted octanol–water partition coefficient (Wildman–Crippen LogP) is 13.1. The van der Waals surface area contributed by atoms with Crippen molar-refractivity contribution in [2.75, 3.05) is 47.5 Å². The van der Waals surface area contributed by atoms with Gasteiger partial charge in [0.2, 0.25) is 0 Å². The van der Waals surface area contributed by atoms with Crippen molar-refractivity contribution < 1.29 is 37.3 Å². The maximum Gasteiger partial charge on any atom is 0.472 e. The summed E-state index contributed by atoms with van der Waals surface area (Å²) >= 11 is 0. The van der Waals surface area contributed by atoms with Crippen LogP contribution in [-0.2, 0) is 27.9 Å². The molecule has 0 fully saturated rings. The van der Waals surface area contributed by atoms with Gasteiger partial charge in [0.15, 0.2) is 6.10 Å². The lowest BCUT2D eigenvalue weighted by Crippen LogP contribution is -2.37. The van der Waals surface area contributed by atoms with Crippen molar-refractivity contribution in [3.05, 3.63) is 73.1 Å². The minimum atomic E-state index is -4.28. The fraction of sp³-hybridized carbons (Fsp3) is 0.717. The molecule has 0 aromatic carbocycles. The summed E-state index contributed by atoms with van der Waals surface area (Å²) in [6, 6.07) is 0. The molecule has 318 valence electrons. The van der Waals surface area contributed by atoms with Gasteiger partial charge in [-0.25, -0.2) is 4.57 Å². The molecule has 0 spiro atoms. The molecule has 0 aliphatic heterocycles. The first-order chi connectivity index (χ1) is 26.6. The number of carbonyl (C=O) groups is 1.